The zero-order valence-electron chi connectivity index (χ0n) is 8.43. The second kappa shape index (κ2) is 4.31. The maximum Gasteiger partial charge on any atom is 0.141 e. The Bertz CT molecular complexity index is 453. The van der Waals surface area contributed by atoms with Gasteiger partial charge in [0.25, 0.3) is 0 Å². The largest absolute Gasteiger partial charge is 0.488 e. The number of nitrogen functional groups attached to an aromatic ring is 1. The Labute approximate surface area is 92.5 Å². The van der Waals surface area contributed by atoms with Crippen LogP contribution in [-0.4, -0.2) is 4.98 Å². The van der Waals surface area contributed by atoms with Crippen LogP contribution in [0.1, 0.15) is 10.4 Å². The molecule has 0 bridgehead atoms. The number of anilines is 1. The van der Waals surface area contributed by atoms with Crippen LogP contribution in [0.3, 0.4) is 0 Å². The van der Waals surface area contributed by atoms with Gasteiger partial charge >= 0.3 is 0 Å². The van der Waals surface area contributed by atoms with Gasteiger partial charge in [-0.1, -0.05) is 12.1 Å². The van der Waals surface area contributed by atoms with Crippen LogP contribution >= 0.6 is 11.3 Å². The van der Waals surface area contributed by atoms with E-state index in [0.717, 1.165) is 10.6 Å². The van der Waals surface area contributed by atoms with E-state index in [9.17, 15) is 0 Å². The standard InChI is InChI=1S/C11H12N2OS/c1-8-3-2-4-9(5-8)14-6-10-11(12)13-7-15-10/h2-5,7H,6,12H2,1H3. The van der Waals surface area contributed by atoms with E-state index in [-0.39, 0.29) is 0 Å². The SMILES string of the molecule is Cc1cccc(OCc2scnc2N)c1. The van der Waals surface area contributed by atoms with Crippen molar-refractivity contribution < 1.29 is 4.74 Å². The fourth-order valence-corrected chi connectivity index (χ4v) is 1.84. The number of nitrogens with zero attached hydrogens (tertiary/aromatic N) is 1. The molecule has 0 aliphatic rings. The molecule has 0 unspecified atom stereocenters. The molecule has 0 saturated carbocycles. The van der Waals surface area contributed by atoms with Gasteiger partial charge < -0.3 is 10.5 Å². The summed E-state index contributed by atoms with van der Waals surface area (Å²) in [5, 5.41) is 0. The van der Waals surface area contributed by atoms with Gasteiger partial charge in [0.1, 0.15) is 18.2 Å². The number of rotatable bonds is 3. The van der Waals surface area contributed by atoms with E-state index in [1.807, 2.05) is 31.2 Å². The molecule has 4 heteroatoms. The first-order chi connectivity index (χ1) is 7.25. The Hall–Kier alpha value is -1.55. The Morgan fingerprint density at radius 2 is 2.33 bits per heavy atom. The van der Waals surface area contributed by atoms with Crippen molar-refractivity contribution in [2.75, 3.05) is 5.73 Å². The first-order valence-corrected chi connectivity index (χ1v) is 5.51. The number of benzene rings is 1. The third-order valence-electron chi connectivity index (χ3n) is 2.03. The minimum atomic E-state index is 0.486. The van der Waals surface area contributed by atoms with Gasteiger partial charge in [-0.2, -0.15) is 0 Å². The monoisotopic (exact) mass is 220 g/mol. The summed E-state index contributed by atoms with van der Waals surface area (Å²) in [5.74, 6) is 1.43. The predicted octanol–water partition coefficient (Wildman–Crippen LogP) is 2.61. The minimum absolute atomic E-state index is 0.486. The molecule has 0 aliphatic heterocycles. The molecule has 1 aromatic carbocycles. The minimum Gasteiger partial charge on any atom is -0.488 e. The highest BCUT2D eigenvalue weighted by atomic mass is 32.1. The average Bonchev–Trinajstić information content (AvgIpc) is 2.61. The van der Waals surface area contributed by atoms with E-state index in [0.29, 0.717) is 12.4 Å². The fourth-order valence-electron chi connectivity index (χ4n) is 1.24. The lowest BCUT2D eigenvalue weighted by atomic mass is 10.2. The van der Waals surface area contributed by atoms with Gasteiger partial charge in [0, 0.05) is 0 Å². The number of ether oxygens (including phenoxy) is 1. The fraction of sp³-hybridized carbons (Fsp3) is 0.182. The molecule has 2 rings (SSSR count). The maximum absolute atomic E-state index is 5.65. The molecule has 0 radical (unpaired) electrons. The maximum atomic E-state index is 5.65. The van der Waals surface area contributed by atoms with Crippen molar-refractivity contribution in [3.63, 3.8) is 0 Å². The highest BCUT2D eigenvalue weighted by Crippen LogP contribution is 2.19. The zero-order chi connectivity index (χ0) is 10.7. The Morgan fingerprint density at radius 1 is 1.47 bits per heavy atom. The van der Waals surface area contributed by atoms with Crippen molar-refractivity contribution in [1.82, 2.24) is 4.98 Å². The lowest BCUT2D eigenvalue weighted by Gasteiger charge is -2.05. The molecule has 2 N–H and O–H groups in total. The number of thiazole rings is 1. The van der Waals surface area contributed by atoms with Gasteiger partial charge in [-0.3, -0.25) is 0 Å². The van der Waals surface area contributed by atoms with Gasteiger partial charge in [-0.15, -0.1) is 11.3 Å². The summed E-state index contributed by atoms with van der Waals surface area (Å²) in [6.45, 7) is 2.52. The van der Waals surface area contributed by atoms with Gasteiger partial charge in [0.15, 0.2) is 0 Å². The summed E-state index contributed by atoms with van der Waals surface area (Å²) in [5.41, 5.74) is 8.57. The van der Waals surface area contributed by atoms with Gasteiger partial charge in [0.2, 0.25) is 0 Å². The van der Waals surface area contributed by atoms with Crippen LogP contribution in [0.15, 0.2) is 29.8 Å². The van der Waals surface area contributed by atoms with Crippen molar-refractivity contribution in [3.05, 3.63) is 40.2 Å². The van der Waals surface area contributed by atoms with Crippen molar-refractivity contribution in [3.8, 4) is 5.75 Å². The van der Waals surface area contributed by atoms with Gasteiger partial charge in [-0.25, -0.2) is 4.98 Å². The van der Waals surface area contributed by atoms with Crippen LogP contribution in [-0.2, 0) is 6.61 Å². The number of hydrogen-bond acceptors (Lipinski definition) is 4. The lowest BCUT2D eigenvalue weighted by Crippen LogP contribution is -1.97. The Kier molecular flexibility index (Phi) is 2.87. The van der Waals surface area contributed by atoms with E-state index in [2.05, 4.69) is 4.98 Å². The average molecular weight is 220 g/mol. The number of aromatic nitrogens is 1. The van der Waals surface area contributed by atoms with E-state index >= 15 is 0 Å². The van der Waals surface area contributed by atoms with Gasteiger partial charge in [-0.05, 0) is 24.6 Å². The van der Waals surface area contributed by atoms with Gasteiger partial charge in [0.05, 0.1) is 10.4 Å². The lowest BCUT2D eigenvalue weighted by molar-refractivity contribution is 0.310. The summed E-state index contributed by atoms with van der Waals surface area (Å²) in [6, 6.07) is 7.94. The van der Waals surface area contributed by atoms with Crippen molar-refractivity contribution >= 4 is 17.2 Å². The molecular formula is C11H12N2OS. The van der Waals surface area contributed by atoms with Crippen molar-refractivity contribution in [1.29, 1.82) is 0 Å². The normalized spacial score (nSPS) is 10.2. The van der Waals surface area contributed by atoms with Crippen LogP contribution in [0.2, 0.25) is 0 Å². The molecular weight excluding hydrogens is 208 g/mol. The molecule has 78 valence electrons. The smallest absolute Gasteiger partial charge is 0.141 e. The topological polar surface area (TPSA) is 48.1 Å². The summed E-state index contributed by atoms with van der Waals surface area (Å²) < 4.78 is 5.60. The molecule has 1 heterocycles. The summed E-state index contributed by atoms with van der Waals surface area (Å²) in [4.78, 5) is 4.93. The molecule has 1 aromatic heterocycles. The second-order valence-electron chi connectivity index (χ2n) is 3.27. The van der Waals surface area contributed by atoms with Crippen LogP contribution in [0.25, 0.3) is 0 Å². The zero-order valence-corrected chi connectivity index (χ0v) is 9.25. The molecule has 0 saturated heterocycles. The van der Waals surface area contributed by atoms with Crippen molar-refractivity contribution in [2.24, 2.45) is 0 Å². The molecule has 0 amide bonds. The number of aryl methyl sites for hydroxylation is 1. The Balaban J connectivity index is 2.02. The first kappa shape index (κ1) is 9.98. The van der Waals surface area contributed by atoms with E-state index in [4.69, 9.17) is 10.5 Å². The predicted molar refractivity (Wildman–Crippen MR) is 62.0 cm³/mol. The molecule has 2 aromatic rings. The highest BCUT2D eigenvalue weighted by molar-refractivity contribution is 7.10. The first-order valence-electron chi connectivity index (χ1n) is 4.63. The summed E-state index contributed by atoms with van der Waals surface area (Å²) in [7, 11) is 0. The van der Waals surface area contributed by atoms with Crippen LogP contribution < -0.4 is 10.5 Å². The summed E-state index contributed by atoms with van der Waals surface area (Å²) in [6.07, 6.45) is 0. The van der Waals surface area contributed by atoms with E-state index in [1.165, 1.54) is 16.9 Å². The Morgan fingerprint density at radius 3 is 3.00 bits per heavy atom. The van der Waals surface area contributed by atoms with E-state index in [1.54, 1.807) is 5.51 Å². The molecule has 15 heavy (non-hydrogen) atoms. The third-order valence-corrected chi connectivity index (χ3v) is 2.85. The van der Waals surface area contributed by atoms with Crippen LogP contribution in [0.4, 0.5) is 5.82 Å². The number of nitrogens with two attached hydrogens (primary N) is 1. The van der Waals surface area contributed by atoms with Crippen LogP contribution in [0.5, 0.6) is 5.75 Å². The number of hydrogen-bond donors (Lipinski definition) is 1. The third kappa shape index (κ3) is 2.47. The van der Waals surface area contributed by atoms with E-state index < -0.39 is 0 Å². The van der Waals surface area contributed by atoms with Crippen LogP contribution in [0, 0.1) is 6.92 Å². The molecule has 0 fully saturated rings. The molecule has 0 spiro atoms. The second-order valence-corrected chi connectivity index (χ2v) is 4.21. The highest BCUT2D eigenvalue weighted by Gasteiger charge is 2.02. The van der Waals surface area contributed by atoms with Crippen molar-refractivity contribution in [2.45, 2.75) is 13.5 Å². The molecule has 0 aliphatic carbocycles. The molecule has 0 atom stereocenters. The quantitative estimate of drug-likeness (QED) is 0.865. The molecule has 3 nitrogen and oxygen atoms in total. The summed E-state index contributed by atoms with van der Waals surface area (Å²) >= 11 is 1.51.